The van der Waals surface area contributed by atoms with E-state index in [2.05, 4.69) is 11.0 Å². The third-order valence-corrected chi connectivity index (χ3v) is 3.54. The standard InChI is InChI=1S/C17H15ClF3NO3.C2H6.BI/c18-14-9-13(17(19,20)21)4-5-15(14)25-10-11-2-1-3-12(8-11)16(24)22-6-7-23;2*1-2/h1-5,8-9,23H,6-7,10H2,(H,22,24);1-2H3;. The van der Waals surface area contributed by atoms with E-state index in [4.69, 9.17) is 21.4 Å². The maximum absolute atomic E-state index is 12.6. The number of amides is 1. The van der Waals surface area contributed by atoms with Crippen molar-refractivity contribution < 1.29 is 27.8 Å². The fourth-order valence-electron chi connectivity index (χ4n) is 2.03. The highest BCUT2D eigenvalue weighted by Gasteiger charge is 2.31. The minimum absolute atomic E-state index is 0.0339. The Morgan fingerprint density at radius 3 is 2.41 bits per heavy atom. The van der Waals surface area contributed by atoms with E-state index in [-0.39, 0.29) is 36.4 Å². The zero-order valence-electron chi connectivity index (χ0n) is 15.9. The average Bonchev–Trinajstić information content (AvgIpc) is 2.73. The summed E-state index contributed by atoms with van der Waals surface area (Å²) in [6.07, 6.45) is -4.47. The maximum atomic E-state index is 12.6. The Balaban J connectivity index is 0.00000184. The number of nitrogens with one attached hydrogen (secondary N) is 1. The van der Waals surface area contributed by atoms with E-state index in [0.717, 1.165) is 18.2 Å². The molecule has 2 aromatic rings. The minimum atomic E-state index is -4.47. The van der Waals surface area contributed by atoms with Crippen molar-refractivity contribution in [2.45, 2.75) is 26.6 Å². The van der Waals surface area contributed by atoms with Crippen molar-refractivity contribution >= 4 is 45.6 Å². The lowest BCUT2D eigenvalue weighted by atomic mass is 10.1. The number of aliphatic hydroxyl groups is 1. The number of alkyl halides is 3. The summed E-state index contributed by atoms with van der Waals surface area (Å²) in [4.78, 5) is 11.8. The zero-order valence-corrected chi connectivity index (χ0v) is 18.8. The molecule has 0 saturated heterocycles. The van der Waals surface area contributed by atoms with E-state index in [0.29, 0.717) is 11.1 Å². The molecule has 0 aromatic heterocycles. The van der Waals surface area contributed by atoms with E-state index in [1.165, 1.54) is 0 Å². The Kier molecular flexibility index (Phi) is 13.8. The summed E-state index contributed by atoms with van der Waals surface area (Å²) < 4.78 is 43.3. The summed E-state index contributed by atoms with van der Waals surface area (Å²) >= 11 is 7.48. The predicted molar refractivity (Wildman–Crippen MR) is 118 cm³/mol. The van der Waals surface area contributed by atoms with Gasteiger partial charge in [0.15, 0.2) is 5.70 Å². The molecule has 0 bridgehead atoms. The first-order valence-electron chi connectivity index (χ1n) is 8.50. The van der Waals surface area contributed by atoms with Gasteiger partial charge in [-0.25, -0.2) is 0 Å². The highest BCUT2D eigenvalue weighted by molar-refractivity contribution is 14.1. The molecule has 1 amide bonds. The van der Waals surface area contributed by atoms with Gasteiger partial charge in [0, 0.05) is 12.1 Å². The second kappa shape index (κ2) is 14.5. The third-order valence-electron chi connectivity index (χ3n) is 3.24. The number of halogens is 5. The third kappa shape index (κ3) is 9.73. The van der Waals surface area contributed by atoms with Gasteiger partial charge in [0.25, 0.3) is 5.91 Å². The van der Waals surface area contributed by atoms with Gasteiger partial charge in [-0.05, 0) is 35.9 Å². The Morgan fingerprint density at radius 1 is 1.21 bits per heavy atom. The Labute approximate surface area is 188 Å². The van der Waals surface area contributed by atoms with Crippen LogP contribution in [-0.4, -0.2) is 29.9 Å². The molecule has 2 aromatic carbocycles. The largest absolute Gasteiger partial charge is 0.487 e. The number of benzene rings is 2. The van der Waals surface area contributed by atoms with Crippen LogP contribution in [0.15, 0.2) is 42.5 Å². The van der Waals surface area contributed by atoms with Crippen LogP contribution in [0, 0.1) is 0 Å². The van der Waals surface area contributed by atoms with Crippen LogP contribution in [0.25, 0.3) is 0 Å². The molecule has 0 aliphatic carbocycles. The average molecular weight is 542 g/mol. The molecule has 0 atom stereocenters. The van der Waals surface area contributed by atoms with Crippen LogP contribution in [0.5, 0.6) is 5.75 Å². The minimum Gasteiger partial charge on any atom is -0.487 e. The van der Waals surface area contributed by atoms with Gasteiger partial charge in [0.2, 0.25) is 0 Å². The topological polar surface area (TPSA) is 58.6 Å². The van der Waals surface area contributed by atoms with Gasteiger partial charge in [-0.3, -0.25) is 4.79 Å². The number of hydrogen-bond acceptors (Lipinski definition) is 3. The van der Waals surface area contributed by atoms with Gasteiger partial charge in [-0.2, -0.15) is 35.5 Å². The first kappa shape index (κ1) is 27.5. The molecule has 0 heterocycles. The second-order valence-electron chi connectivity index (χ2n) is 5.11. The van der Waals surface area contributed by atoms with Crippen molar-refractivity contribution in [3.63, 3.8) is 0 Å². The summed E-state index contributed by atoms with van der Waals surface area (Å²) in [5.41, 5.74) is 4.64. The predicted octanol–water partition coefficient (Wildman–Crippen LogP) is 5.19. The molecule has 4 nitrogen and oxygen atoms in total. The van der Waals surface area contributed by atoms with Crippen LogP contribution in [0.3, 0.4) is 0 Å². The van der Waals surface area contributed by atoms with Crippen molar-refractivity contribution in [2.24, 2.45) is 0 Å². The van der Waals surface area contributed by atoms with Crippen LogP contribution in [-0.2, 0) is 12.8 Å². The molecule has 0 fully saturated rings. The number of carbonyl (C=O) groups excluding carboxylic acids is 1. The molecule has 0 saturated carbocycles. The fourth-order valence-corrected chi connectivity index (χ4v) is 2.26. The smallest absolute Gasteiger partial charge is 0.416 e. The lowest BCUT2D eigenvalue weighted by Crippen LogP contribution is -2.26. The van der Waals surface area contributed by atoms with Crippen molar-refractivity contribution in [1.29, 1.82) is 0 Å². The molecule has 0 unspecified atom stereocenters. The van der Waals surface area contributed by atoms with Gasteiger partial charge >= 0.3 is 6.18 Å². The molecule has 0 aliphatic rings. The molecular formula is C19H21BClF3INO3. The Bertz CT molecular complexity index is 764. The van der Waals surface area contributed by atoms with Crippen LogP contribution >= 0.6 is 34.0 Å². The lowest BCUT2D eigenvalue weighted by Gasteiger charge is -2.12. The molecule has 2 radical (unpaired) electrons. The van der Waals surface area contributed by atoms with Crippen LogP contribution < -0.4 is 10.1 Å². The number of hydrogen-bond donors (Lipinski definition) is 2. The highest BCUT2D eigenvalue weighted by atomic mass is 127. The van der Waals surface area contributed by atoms with E-state index in [1.807, 2.05) is 13.8 Å². The van der Waals surface area contributed by atoms with Crippen LogP contribution in [0.2, 0.25) is 5.02 Å². The monoisotopic (exact) mass is 541 g/mol. The van der Waals surface area contributed by atoms with Gasteiger partial charge in [0.05, 0.1) is 17.2 Å². The number of carbonyl (C=O) groups is 1. The molecule has 2 N–H and O–H groups in total. The van der Waals surface area contributed by atoms with Gasteiger partial charge in [0.1, 0.15) is 12.4 Å². The number of ether oxygens (including phenoxy) is 1. The van der Waals surface area contributed by atoms with Gasteiger partial charge in [-0.15, -0.1) is 0 Å². The number of rotatable bonds is 6. The fraction of sp³-hybridized carbons (Fsp3) is 0.316. The quantitative estimate of drug-likeness (QED) is 0.391. The van der Waals surface area contributed by atoms with Crippen molar-refractivity contribution in [2.75, 3.05) is 13.2 Å². The van der Waals surface area contributed by atoms with Crippen LogP contribution in [0.4, 0.5) is 13.2 Å². The van der Waals surface area contributed by atoms with E-state index >= 15 is 0 Å². The first-order valence-corrected chi connectivity index (χ1v) is 10.1. The van der Waals surface area contributed by atoms with Gasteiger partial charge < -0.3 is 15.2 Å². The van der Waals surface area contributed by atoms with Gasteiger partial charge in [-0.1, -0.05) is 37.6 Å². The molecule has 0 aliphatic heterocycles. The molecule has 0 spiro atoms. The second-order valence-corrected chi connectivity index (χ2v) is 5.52. The molecule has 2 rings (SSSR count). The van der Waals surface area contributed by atoms with Crippen molar-refractivity contribution in [3.05, 3.63) is 64.2 Å². The molecular weight excluding hydrogens is 520 g/mol. The highest BCUT2D eigenvalue weighted by Crippen LogP contribution is 2.34. The summed E-state index contributed by atoms with van der Waals surface area (Å²) in [6, 6.07) is 9.40. The summed E-state index contributed by atoms with van der Waals surface area (Å²) in [5.74, 6) is -0.228. The Morgan fingerprint density at radius 2 is 1.86 bits per heavy atom. The molecule has 158 valence electrons. The van der Waals surface area contributed by atoms with E-state index < -0.39 is 11.7 Å². The summed E-state index contributed by atoms with van der Waals surface area (Å²) in [6.45, 7) is 4.01. The summed E-state index contributed by atoms with van der Waals surface area (Å²) in [7, 11) is 0. The summed E-state index contributed by atoms with van der Waals surface area (Å²) in [5, 5.41) is 11.1. The lowest BCUT2D eigenvalue weighted by molar-refractivity contribution is -0.137. The molecule has 29 heavy (non-hydrogen) atoms. The first-order chi connectivity index (χ1) is 13.8. The maximum Gasteiger partial charge on any atom is 0.416 e. The van der Waals surface area contributed by atoms with E-state index in [9.17, 15) is 18.0 Å². The van der Waals surface area contributed by atoms with E-state index in [1.54, 1.807) is 46.6 Å². The number of aliphatic hydroxyl groups excluding tert-OH is 1. The molecule has 10 heteroatoms. The van der Waals surface area contributed by atoms with Crippen molar-refractivity contribution in [3.8, 4) is 5.75 Å². The van der Waals surface area contributed by atoms with Crippen molar-refractivity contribution in [1.82, 2.24) is 5.32 Å². The SMILES string of the molecule is CC.O=C(NCCO)c1cccc(COc2ccc(C(F)(F)F)cc2Cl)c1.[B]I. The normalized spacial score (nSPS) is 10.1. The Hall–Kier alpha value is -1.46. The van der Waals surface area contributed by atoms with Crippen LogP contribution in [0.1, 0.15) is 35.3 Å². The zero-order chi connectivity index (χ0) is 22.4.